The minimum atomic E-state index is -1.71. The Labute approximate surface area is 321 Å². The average molecular weight is 800 g/mol. The molecule has 0 aromatic carbocycles. The first-order valence-electron chi connectivity index (χ1n) is 17.4. The lowest BCUT2D eigenvalue weighted by Gasteiger charge is -2.23. The number of thioether (sulfide) groups is 1. The maximum absolute atomic E-state index is 10.5. The lowest BCUT2D eigenvalue weighted by molar-refractivity contribution is -0.138. The fourth-order valence-electron chi connectivity index (χ4n) is 2.57. The summed E-state index contributed by atoms with van der Waals surface area (Å²) in [6.45, 7) is 19.7. The van der Waals surface area contributed by atoms with E-state index in [0.717, 1.165) is 50.7 Å². The molecular weight excluding hydrogens is 727 g/mol. The summed E-state index contributed by atoms with van der Waals surface area (Å²) in [5.74, 6) is 2.27. The van der Waals surface area contributed by atoms with Crippen molar-refractivity contribution in [2.24, 2.45) is 0 Å². The van der Waals surface area contributed by atoms with Gasteiger partial charge < -0.3 is 81.3 Å². The molecule has 3 amide bonds. The minimum absolute atomic E-state index is 0.0846. The summed E-state index contributed by atoms with van der Waals surface area (Å²) >= 11 is 6.48. The number of ether oxygens (including phenoxy) is 3. The normalized spacial score (nSPS) is 11.8. The Bertz CT molecular complexity index is 659. The highest BCUT2D eigenvalue weighted by Gasteiger charge is 2.30. The van der Waals surface area contributed by atoms with E-state index < -0.39 is 24.4 Å². The van der Waals surface area contributed by atoms with E-state index in [0.29, 0.717) is 31.3 Å². The van der Waals surface area contributed by atoms with Crippen LogP contribution in [0.25, 0.3) is 0 Å². The molecule has 4 unspecified atom stereocenters. The maximum atomic E-state index is 10.5. The van der Waals surface area contributed by atoms with E-state index in [-0.39, 0.29) is 45.1 Å². The van der Waals surface area contributed by atoms with Crippen LogP contribution in [0.1, 0.15) is 74.7 Å². The predicted molar refractivity (Wildman–Crippen MR) is 209 cm³/mol. The molecule has 18 nitrogen and oxygen atoms in total. The van der Waals surface area contributed by atoms with Crippen molar-refractivity contribution in [1.82, 2.24) is 26.6 Å². The molecule has 0 aromatic heterocycles. The van der Waals surface area contributed by atoms with Gasteiger partial charge in [0.1, 0.15) is 44.7 Å². The van der Waals surface area contributed by atoms with E-state index in [1.807, 2.05) is 39.5 Å². The van der Waals surface area contributed by atoms with Crippen LogP contribution in [0.15, 0.2) is 0 Å². The lowest BCUT2D eigenvalue weighted by Crippen LogP contribution is -2.46. The molecule has 0 radical (unpaired) electrons. The number of hydrogen-bond donors (Lipinski definition) is 12. The molecule has 0 aliphatic heterocycles. The van der Waals surface area contributed by atoms with Gasteiger partial charge in [-0.25, -0.2) is 4.79 Å². The summed E-state index contributed by atoms with van der Waals surface area (Å²) in [6.07, 6.45) is -3.54. The molecule has 0 spiro atoms. The highest BCUT2D eigenvalue weighted by Crippen LogP contribution is 2.04. The number of urea groups is 1. The van der Waals surface area contributed by atoms with Gasteiger partial charge in [0.25, 0.3) is 0 Å². The van der Waals surface area contributed by atoms with Gasteiger partial charge in [-0.3, -0.25) is 4.79 Å². The summed E-state index contributed by atoms with van der Waals surface area (Å²) in [5.41, 5.74) is 0. The first kappa shape index (κ1) is 62.1. The number of rotatable bonds is 22. The molecule has 0 bridgehead atoms. The predicted octanol–water partition coefficient (Wildman–Crippen LogP) is -0.598. The standard InChI is InChI=1S/C8H16O6.C6H13NO.C5H12O2S.C5H12O.C4H10N2O2.C4H10N2OS/c1-2-14-4-6(11)8(13)7(12)5(10)3-9;1-3-5-6(8)7-4-2;1-2-8-4-3-7-5-6;1-3-5-6-4-2;2*1-2-5-4(8)6-3-7/h3,5-8,10-13H,2,4H2,1H3;3-5H2,1-2H3,(H,7,8);6H,2-5H2,1H3;3-5H2,1-2H3;2*7H,2-3H2,1H3,(H2,5,6,8). The van der Waals surface area contributed by atoms with Crippen molar-refractivity contribution in [3.8, 4) is 0 Å². The average Bonchev–Trinajstić information content (AvgIpc) is 3.12. The van der Waals surface area contributed by atoms with Crippen molar-refractivity contribution < 1.29 is 64.3 Å². The monoisotopic (exact) mass is 799 g/mol. The second-order valence-electron chi connectivity index (χ2n) is 9.36. The molecule has 0 aromatic rings. The second kappa shape index (κ2) is 55.8. The van der Waals surface area contributed by atoms with Crippen molar-refractivity contribution in [3.63, 3.8) is 0 Å². The van der Waals surface area contributed by atoms with Crippen LogP contribution in [-0.4, -0.2) is 168 Å². The van der Waals surface area contributed by atoms with Gasteiger partial charge in [0, 0.05) is 51.6 Å². The van der Waals surface area contributed by atoms with Crippen molar-refractivity contribution >= 4 is 47.3 Å². The molecule has 20 heteroatoms. The molecule has 0 saturated carbocycles. The lowest BCUT2D eigenvalue weighted by atomic mass is 10.0. The Balaban J connectivity index is -0.000000125. The number of thiocarbonyl (C=S) groups is 1. The number of hydrogen-bond acceptors (Lipinski definition) is 15. The topological polar surface area (TPSA) is 281 Å². The van der Waals surface area contributed by atoms with Crippen molar-refractivity contribution in [2.45, 2.75) is 99.1 Å². The van der Waals surface area contributed by atoms with Crippen molar-refractivity contribution in [3.05, 3.63) is 0 Å². The minimum Gasteiger partial charge on any atom is -0.388 e. The SMILES string of the molecule is CCCC(=O)NCC.CCCOCC.CCNC(=O)NCO.CCNC(=S)NCO.CCOCC(O)C(O)C(O)C(O)C=O.CCSCCOCO. The van der Waals surface area contributed by atoms with Gasteiger partial charge in [0.2, 0.25) is 5.91 Å². The number of carbonyl (C=O) groups is 3. The van der Waals surface area contributed by atoms with Crippen LogP contribution in [0.3, 0.4) is 0 Å². The zero-order valence-corrected chi connectivity index (χ0v) is 34.2. The van der Waals surface area contributed by atoms with Gasteiger partial charge in [-0.1, -0.05) is 20.8 Å². The van der Waals surface area contributed by atoms with Crippen molar-refractivity contribution in [2.75, 3.05) is 84.4 Å². The molecule has 0 rings (SSSR count). The Morgan fingerprint density at radius 2 is 1.27 bits per heavy atom. The quantitative estimate of drug-likeness (QED) is 0.0282. The summed E-state index contributed by atoms with van der Waals surface area (Å²) in [6, 6.07) is -0.338. The Morgan fingerprint density at radius 1 is 0.712 bits per heavy atom. The summed E-state index contributed by atoms with van der Waals surface area (Å²) in [4.78, 5) is 30.8. The molecule has 12 N–H and O–H groups in total. The molecule has 0 fully saturated rings. The first-order valence-corrected chi connectivity index (χ1v) is 19.0. The fourth-order valence-corrected chi connectivity index (χ4v) is 3.30. The third-order valence-electron chi connectivity index (χ3n) is 4.95. The third kappa shape index (κ3) is 60.2. The first-order chi connectivity index (χ1) is 24.8. The zero-order valence-electron chi connectivity index (χ0n) is 32.6. The van der Waals surface area contributed by atoms with E-state index in [1.54, 1.807) is 13.8 Å². The zero-order chi connectivity index (χ0) is 41.4. The number of aldehydes is 1. The molecule has 52 heavy (non-hydrogen) atoms. The fraction of sp³-hybridized carbons (Fsp3) is 0.875. The summed E-state index contributed by atoms with van der Waals surface area (Å²) in [7, 11) is 0. The highest BCUT2D eigenvalue weighted by molar-refractivity contribution is 7.99. The molecule has 0 heterocycles. The number of amides is 3. The van der Waals surface area contributed by atoms with E-state index in [1.165, 1.54) is 0 Å². The van der Waals surface area contributed by atoms with Crippen LogP contribution < -0.4 is 26.6 Å². The molecule has 0 aliphatic rings. The third-order valence-corrected chi connectivity index (χ3v) is 6.10. The Hall–Kier alpha value is -1.95. The second-order valence-corrected chi connectivity index (χ2v) is 11.2. The van der Waals surface area contributed by atoms with Gasteiger partial charge >= 0.3 is 6.03 Å². The van der Waals surface area contributed by atoms with Crippen LogP contribution in [0.5, 0.6) is 0 Å². The summed E-state index contributed by atoms with van der Waals surface area (Å²) < 4.78 is 14.4. The van der Waals surface area contributed by atoms with E-state index >= 15 is 0 Å². The summed E-state index contributed by atoms with van der Waals surface area (Å²) in [5, 5.41) is 73.9. The van der Waals surface area contributed by atoms with E-state index in [4.69, 9.17) is 35.0 Å². The Kier molecular flexibility index (Phi) is 66.6. The Morgan fingerprint density at radius 3 is 1.65 bits per heavy atom. The van der Waals surface area contributed by atoms with Crippen LogP contribution in [0.4, 0.5) is 4.79 Å². The van der Waals surface area contributed by atoms with E-state index in [9.17, 15) is 24.6 Å². The number of nitrogens with one attached hydrogen (secondary N) is 5. The van der Waals surface area contributed by atoms with Crippen LogP contribution in [0.2, 0.25) is 0 Å². The van der Waals surface area contributed by atoms with Crippen LogP contribution in [-0.2, 0) is 23.8 Å². The molecule has 316 valence electrons. The molecule has 4 atom stereocenters. The number of aliphatic hydroxyl groups excluding tert-OH is 7. The highest BCUT2D eigenvalue weighted by atomic mass is 32.2. The number of carbonyl (C=O) groups excluding carboxylic acids is 3. The molecular formula is C32H73N5O13S2. The van der Waals surface area contributed by atoms with Gasteiger partial charge in [0.15, 0.2) is 11.4 Å². The van der Waals surface area contributed by atoms with E-state index in [2.05, 4.69) is 57.4 Å². The molecule has 0 saturated heterocycles. The van der Waals surface area contributed by atoms with Gasteiger partial charge in [0.05, 0.1) is 13.2 Å². The largest absolute Gasteiger partial charge is 0.388 e. The van der Waals surface area contributed by atoms with Crippen LogP contribution in [0, 0.1) is 0 Å². The van der Waals surface area contributed by atoms with Gasteiger partial charge in [-0.05, 0) is 65.4 Å². The maximum Gasteiger partial charge on any atom is 0.316 e. The van der Waals surface area contributed by atoms with Crippen LogP contribution >= 0.6 is 24.0 Å². The number of aliphatic hydroxyl groups is 7. The molecule has 0 aliphatic carbocycles. The smallest absolute Gasteiger partial charge is 0.316 e. The van der Waals surface area contributed by atoms with Gasteiger partial charge in [-0.2, -0.15) is 11.8 Å². The van der Waals surface area contributed by atoms with Crippen molar-refractivity contribution in [1.29, 1.82) is 0 Å². The van der Waals surface area contributed by atoms with Gasteiger partial charge in [-0.15, -0.1) is 0 Å².